The summed E-state index contributed by atoms with van der Waals surface area (Å²) in [6.45, 7) is 2.00. The highest BCUT2D eigenvalue weighted by Crippen LogP contribution is 2.24. The van der Waals surface area contributed by atoms with Crippen LogP contribution in [0.2, 0.25) is 0 Å². The third-order valence-electron chi connectivity index (χ3n) is 3.13. The van der Waals surface area contributed by atoms with Crippen LogP contribution >= 0.6 is 12.4 Å². The molecule has 0 radical (unpaired) electrons. The van der Waals surface area contributed by atoms with Gasteiger partial charge in [-0.05, 0) is 25.1 Å². The maximum atomic E-state index is 5.31. The Balaban J connectivity index is 0.00000133. The molecule has 0 saturated carbocycles. The molecule has 1 aliphatic rings. The molecular formula is C13H17ClN4O. The number of methoxy groups -OCH3 is 1. The van der Waals surface area contributed by atoms with Crippen molar-refractivity contribution in [3.05, 3.63) is 24.3 Å². The number of hydrogen-bond donors (Lipinski definition) is 2. The van der Waals surface area contributed by atoms with Gasteiger partial charge >= 0.3 is 0 Å². The highest BCUT2D eigenvalue weighted by molar-refractivity contribution is 5.85. The molecule has 0 amide bonds. The third kappa shape index (κ3) is 2.88. The van der Waals surface area contributed by atoms with Gasteiger partial charge in [-0.15, -0.1) is 12.4 Å². The van der Waals surface area contributed by atoms with Crippen molar-refractivity contribution in [1.82, 2.24) is 15.3 Å². The quantitative estimate of drug-likeness (QED) is 0.898. The normalized spacial score (nSPS) is 18.1. The van der Waals surface area contributed by atoms with Crippen LogP contribution in [-0.2, 0) is 0 Å². The smallest absolute Gasteiger partial charge is 0.257 e. The summed E-state index contributed by atoms with van der Waals surface area (Å²) in [6.07, 6.45) is 1.09. The molecule has 1 fully saturated rings. The number of fused-ring (bicyclic) bond motifs is 1. The Labute approximate surface area is 118 Å². The fourth-order valence-electron chi connectivity index (χ4n) is 2.19. The predicted octanol–water partition coefficient (Wildman–Crippen LogP) is 1.83. The van der Waals surface area contributed by atoms with E-state index in [0.717, 1.165) is 36.4 Å². The van der Waals surface area contributed by atoms with Gasteiger partial charge in [-0.1, -0.05) is 12.1 Å². The van der Waals surface area contributed by atoms with Crippen LogP contribution in [0.1, 0.15) is 6.42 Å². The van der Waals surface area contributed by atoms with E-state index < -0.39 is 0 Å². The zero-order valence-corrected chi connectivity index (χ0v) is 11.5. The van der Waals surface area contributed by atoms with Gasteiger partial charge in [0.1, 0.15) is 0 Å². The van der Waals surface area contributed by atoms with Crippen molar-refractivity contribution in [2.75, 3.05) is 25.5 Å². The number of halogens is 1. The van der Waals surface area contributed by atoms with Crippen molar-refractivity contribution in [2.45, 2.75) is 12.5 Å². The van der Waals surface area contributed by atoms with Crippen LogP contribution in [0.15, 0.2) is 24.3 Å². The van der Waals surface area contributed by atoms with Gasteiger partial charge in [0.15, 0.2) is 5.82 Å². The van der Waals surface area contributed by atoms with E-state index in [1.807, 2.05) is 24.3 Å². The number of benzene rings is 1. The number of nitrogens with one attached hydrogen (secondary N) is 2. The van der Waals surface area contributed by atoms with E-state index in [9.17, 15) is 0 Å². The molecule has 1 saturated heterocycles. The van der Waals surface area contributed by atoms with E-state index in [0.29, 0.717) is 11.9 Å². The second-order valence-electron chi connectivity index (χ2n) is 4.40. The molecular weight excluding hydrogens is 264 g/mol. The monoisotopic (exact) mass is 280 g/mol. The Hall–Kier alpha value is -1.59. The average Bonchev–Trinajstić information content (AvgIpc) is 2.91. The molecule has 1 unspecified atom stereocenters. The SMILES string of the molecule is COc1nc2ccccc2nc1NC1CCNC1.Cl. The van der Waals surface area contributed by atoms with Gasteiger partial charge in [-0.2, -0.15) is 0 Å². The second-order valence-corrected chi connectivity index (χ2v) is 4.40. The van der Waals surface area contributed by atoms with Crippen molar-refractivity contribution < 1.29 is 4.74 Å². The molecule has 1 atom stereocenters. The molecule has 1 aliphatic heterocycles. The Bertz CT molecular complexity index is 557. The number of para-hydroxylation sites is 2. The summed E-state index contributed by atoms with van der Waals surface area (Å²) in [4.78, 5) is 9.05. The maximum Gasteiger partial charge on any atom is 0.257 e. The molecule has 0 spiro atoms. The minimum absolute atomic E-state index is 0. The summed E-state index contributed by atoms with van der Waals surface area (Å²) in [5.74, 6) is 1.28. The van der Waals surface area contributed by atoms with Crippen molar-refractivity contribution >= 4 is 29.3 Å². The summed E-state index contributed by atoms with van der Waals surface area (Å²) in [6, 6.07) is 8.20. The molecule has 1 aromatic heterocycles. The first-order valence-electron chi connectivity index (χ1n) is 6.15. The molecule has 1 aromatic carbocycles. The van der Waals surface area contributed by atoms with Gasteiger partial charge in [0.2, 0.25) is 0 Å². The summed E-state index contributed by atoms with van der Waals surface area (Å²) in [5, 5.41) is 6.71. The first-order chi connectivity index (χ1) is 8.86. The van der Waals surface area contributed by atoms with E-state index in [2.05, 4.69) is 20.6 Å². The first kappa shape index (κ1) is 13.8. The van der Waals surface area contributed by atoms with Crippen molar-refractivity contribution in [3.63, 3.8) is 0 Å². The average molecular weight is 281 g/mol. The fourth-order valence-corrected chi connectivity index (χ4v) is 2.19. The molecule has 6 heteroatoms. The Kier molecular flexibility index (Phi) is 4.39. The summed E-state index contributed by atoms with van der Waals surface area (Å²) < 4.78 is 5.31. The molecule has 2 heterocycles. The Morgan fingerprint density at radius 1 is 1.26 bits per heavy atom. The van der Waals surface area contributed by atoms with Gasteiger partial charge in [0, 0.05) is 12.6 Å². The van der Waals surface area contributed by atoms with E-state index in [-0.39, 0.29) is 12.4 Å². The van der Waals surface area contributed by atoms with Crippen molar-refractivity contribution in [3.8, 4) is 5.88 Å². The highest BCUT2D eigenvalue weighted by Gasteiger charge is 2.17. The van der Waals surface area contributed by atoms with E-state index in [1.165, 1.54) is 0 Å². The zero-order chi connectivity index (χ0) is 12.4. The molecule has 0 bridgehead atoms. The highest BCUT2D eigenvalue weighted by atomic mass is 35.5. The molecule has 3 rings (SSSR count). The lowest BCUT2D eigenvalue weighted by Crippen LogP contribution is -2.23. The Morgan fingerprint density at radius 3 is 2.63 bits per heavy atom. The van der Waals surface area contributed by atoms with Gasteiger partial charge in [0.05, 0.1) is 18.1 Å². The first-order valence-corrected chi connectivity index (χ1v) is 6.15. The number of hydrogen-bond acceptors (Lipinski definition) is 5. The molecule has 5 nitrogen and oxygen atoms in total. The van der Waals surface area contributed by atoms with Crippen LogP contribution in [0.5, 0.6) is 5.88 Å². The lowest BCUT2D eigenvalue weighted by atomic mass is 10.2. The second kappa shape index (κ2) is 6.04. The minimum atomic E-state index is 0. The lowest BCUT2D eigenvalue weighted by Gasteiger charge is -2.14. The standard InChI is InChI=1S/C13H16N4O.ClH/c1-18-13-12(15-9-6-7-14-8-9)16-10-4-2-3-5-11(10)17-13;/h2-5,9,14H,6-8H2,1H3,(H,15,16);1H. The largest absolute Gasteiger partial charge is 0.478 e. The van der Waals surface area contributed by atoms with E-state index in [4.69, 9.17) is 4.74 Å². The topological polar surface area (TPSA) is 59.1 Å². The van der Waals surface area contributed by atoms with Gasteiger partial charge in [-0.3, -0.25) is 0 Å². The number of anilines is 1. The minimum Gasteiger partial charge on any atom is -0.478 e. The number of rotatable bonds is 3. The summed E-state index contributed by atoms with van der Waals surface area (Å²) >= 11 is 0. The molecule has 19 heavy (non-hydrogen) atoms. The van der Waals surface area contributed by atoms with E-state index >= 15 is 0 Å². The number of nitrogens with zero attached hydrogens (tertiary/aromatic N) is 2. The molecule has 2 aromatic rings. The zero-order valence-electron chi connectivity index (χ0n) is 10.7. The van der Waals surface area contributed by atoms with Gasteiger partial charge < -0.3 is 15.4 Å². The Morgan fingerprint density at radius 2 is 2.00 bits per heavy atom. The number of ether oxygens (including phenoxy) is 1. The van der Waals surface area contributed by atoms with E-state index in [1.54, 1.807) is 7.11 Å². The maximum absolute atomic E-state index is 5.31. The molecule has 102 valence electrons. The van der Waals surface area contributed by atoms with Crippen LogP contribution in [0, 0.1) is 0 Å². The van der Waals surface area contributed by atoms with Crippen LogP contribution in [0.3, 0.4) is 0 Å². The van der Waals surface area contributed by atoms with Crippen LogP contribution in [0.25, 0.3) is 11.0 Å². The van der Waals surface area contributed by atoms with Gasteiger partial charge in [0.25, 0.3) is 5.88 Å². The van der Waals surface area contributed by atoms with Crippen LogP contribution in [0.4, 0.5) is 5.82 Å². The lowest BCUT2D eigenvalue weighted by molar-refractivity contribution is 0.399. The number of aromatic nitrogens is 2. The predicted molar refractivity (Wildman–Crippen MR) is 78.2 cm³/mol. The van der Waals surface area contributed by atoms with Crippen LogP contribution in [-0.4, -0.2) is 36.2 Å². The fraction of sp³-hybridized carbons (Fsp3) is 0.385. The molecule has 0 aliphatic carbocycles. The third-order valence-corrected chi connectivity index (χ3v) is 3.13. The molecule has 2 N–H and O–H groups in total. The van der Waals surface area contributed by atoms with Gasteiger partial charge in [-0.25, -0.2) is 9.97 Å². The van der Waals surface area contributed by atoms with Crippen molar-refractivity contribution in [2.24, 2.45) is 0 Å². The van der Waals surface area contributed by atoms with Crippen molar-refractivity contribution in [1.29, 1.82) is 0 Å². The van der Waals surface area contributed by atoms with Crippen LogP contribution < -0.4 is 15.4 Å². The summed E-state index contributed by atoms with van der Waals surface area (Å²) in [5.41, 5.74) is 1.73. The summed E-state index contributed by atoms with van der Waals surface area (Å²) in [7, 11) is 1.62.